The van der Waals surface area contributed by atoms with E-state index in [1.54, 1.807) is 0 Å². The van der Waals surface area contributed by atoms with Crippen LogP contribution in [0.2, 0.25) is 5.15 Å². The molecule has 0 aliphatic carbocycles. The van der Waals surface area contributed by atoms with Gasteiger partial charge in [0.05, 0.1) is 31.0 Å². The zero-order chi connectivity index (χ0) is 14.9. The van der Waals surface area contributed by atoms with Crippen LogP contribution >= 0.6 is 11.6 Å². The third-order valence-corrected chi connectivity index (χ3v) is 3.60. The average Bonchev–Trinajstić information content (AvgIpc) is 2.75. The molecule has 8 heteroatoms. The van der Waals surface area contributed by atoms with Crippen LogP contribution in [0.4, 0.5) is 4.39 Å². The molecular formula is C12H12ClFN2O4. The summed E-state index contributed by atoms with van der Waals surface area (Å²) in [7, 11) is 0. The van der Waals surface area contributed by atoms with Crippen LogP contribution < -0.4 is 5.32 Å². The SMILES string of the molecule is CC1(C(=O)O)COCC1NC(=O)c1cc(F)cnc1Cl. The summed E-state index contributed by atoms with van der Waals surface area (Å²) in [5, 5.41) is 11.5. The summed E-state index contributed by atoms with van der Waals surface area (Å²) in [6.45, 7) is 1.52. The second kappa shape index (κ2) is 5.34. The first-order valence-electron chi connectivity index (χ1n) is 5.77. The number of hydrogen-bond donors (Lipinski definition) is 2. The number of aliphatic carboxylic acids is 1. The van der Waals surface area contributed by atoms with Crippen LogP contribution in [0.25, 0.3) is 0 Å². The van der Waals surface area contributed by atoms with Crippen molar-refractivity contribution < 1.29 is 23.8 Å². The molecule has 0 aromatic carbocycles. The molecule has 1 aromatic rings. The maximum absolute atomic E-state index is 13.1. The van der Waals surface area contributed by atoms with Gasteiger partial charge in [-0.25, -0.2) is 9.37 Å². The number of amides is 1. The van der Waals surface area contributed by atoms with E-state index in [-0.39, 0.29) is 23.9 Å². The third-order valence-electron chi connectivity index (χ3n) is 3.30. The van der Waals surface area contributed by atoms with Gasteiger partial charge in [0.2, 0.25) is 0 Å². The first-order chi connectivity index (χ1) is 9.34. The molecular weight excluding hydrogens is 291 g/mol. The maximum atomic E-state index is 13.1. The largest absolute Gasteiger partial charge is 0.481 e. The number of halogens is 2. The number of nitrogens with zero attached hydrogens (tertiary/aromatic N) is 1. The van der Waals surface area contributed by atoms with Gasteiger partial charge in [-0.1, -0.05) is 11.6 Å². The fourth-order valence-corrected chi connectivity index (χ4v) is 2.09. The van der Waals surface area contributed by atoms with Crippen LogP contribution in [0.3, 0.4) is 0 Å². The molecule has 6 nitrogen and oxygen atoms in total. The standard InChI is InChI=1S/C12H12ClFN2O4/c1-12(11(18)19)5-20-4-8(12)16-10(17)7-2-6(14)3-15-9(7)13/h2-3,8H,4-5H2,1H3,(H,16,17)(H,18,19). The number of carboxylic acids is 1. The van der Waals surface area contributed by atoms with E-state index >= 15 is 0 Å². The molecule has 0 radical (unpaired) electrons. The zero-order valence-electron chi connectivity index (χ0n) is 10.5. The minimum Gasteiger partial charge on any atom is -0.481 e. The fourth-order valence-electron chi connectivity index (χ4n) is 1.90. The predicted molar refractivity (Wildman–Crippen MR) is 67.0 cm³/mol. The molecule has 1 aromatic heterocycles. The Kier molecular flexibility index (Phi) is 3.92. The van der Waals surface area contributed by atoms with Crippen LogP contribution in [0, 0.1) is 11.2 Å². The van der Waals surface area contributed by atoms with E-state index in [0.29, 0.717) is 0 Å². The van der Waals surface area contributed by atoms with Gasteiger partial charge in [-0.2, -0.15) is 0 Å². The monoisotopic (exact) mass is 302 g/mol. The maximum Gasteiger partial charge on any atom is 0.313 e. The highest BCUT2D eigenvalue weighted by Gasteiger charge is 2.47. The minimum absolute atomic E-state index is 0.0115. The van der Waals surface area contributed by atoms with Crippen molar-refractivity contribution in [3.8, 4) is 0 Å². The Bertz CT molecular complexity index is 568. The topological polar surface area (TPSA) is 88.5 Å². The number of carboxylic acid groups (broad SMARTS) is 1. The first-order valence-corrected chi connectivity index (χ1v) is 6.15. The number of ether oxygens (including phenoxy) is 1. The van der Waals surface area contributed by atoms with Crippen molar-refractivity contribution in [3.63, 3.8) is 0 Å². The van der Waals surface area contributed by atoms with E-state index in [2.05, 4.69) is 10.3 Å². The number of carbonyl (C=O) groups excluding carboxylic acids is 1. The van der Waals surface area contributed by atoms with Gasteiger partial charge in [-0.05, 0) is 13.0 Å². The van der Waals surface area contributed by atoms with Gasteiger partial charge in [-0.3, -0.25) is 9.59 Å². The summed E-state index contributed by atoms with van der Waals surface area (Å²) in [6, 6.07) is 0.213. The van der Waals surface area contributed by atoms with E-state index in [1.165, 1.54) is 6.92 Å². The molecule has 2 rings (SSSR count). The van der Waals surface area contributed by atoms with Crippen LogP contribution in [0.1, 0.15) is 17.3 Å². The van der Waals surface area contributed by atoms with E-state index in [4.69, 9.17) is 16.3 Å². The van der Waals surface area contributed by atoms with Gasteiger partial charge in [0.15, 0.2) is 0 Å². The van der Waals surface area contributed by atoms with Gasteiger partial charge in [0.1, 0.15) is 16.4 Å². The van der Waals surface area contributed by atoms with Crippen molar-refractivity contribution in [1.82, 2.24) is 10.3 Å². The number of pyridine rings is 1. The highest BCUT2D eigenvalue weighted by molar-refractivity contribution is 6.32. The first kappa shape index (κ1) is 14.7. The Hall–Kier alpha value is -1.73. The number of nitrogens with one attached hydrogen (secondary N) is 1. The molecule has 20 heavy (non-hydrogen) atoms. The lowest BCUT2D eigenvalue weighted by molar-refractivity contribution is -0.148. The van der Waals surface area contributed by atoms with Crippen LogP contribution in [0.15, 0.2) is 12.3 Å². The molecule has 2 N–H and O–H groups in total. The van der Waals surface area contributed by atoms with E-state index < -0.39 is 29.2 Å². The van der Waals surface area contributed by atoms with Crippen molar-refractivity contribution in [2.45, 2.75) is 13.0 Å². The molecule has 2 unspecified atom stereocenters. The summed E-state index contributed by atoms with van der Waals surface area (Å²) in [5.74, 6) is -2.48. The van der Waals surface area contributed by atoms with Crippen molar-refractivity contribution in [2.75, 3.05) is 13.2 Å². The number of carbonyl (C=O) groups is 2. The van der Waals surface area contributed by atoms with Crippen molar-refractivity contribution in [2.24, 2.45) is 5.41 Å². The van der Waals surface area contributed by atoms with Crippen LogP contribution in [0.5, 0.6) is 0 Å². The molecule has 1 aliphatic heterocycles. The Morgan fingerprint density at radius 3 is 3.00 bits per heavy atom. The van der Waals surface area contributed by atoms with E-state index in [9.17, 15) is 19.1 Å². The Morgan fingerprint density at radius 2 is 2.35 bits per heavy atom. The molecule has 1 saturated heterocycles. The van der Waals surface area contributed by atoms with Crippen molar-refractivity contribution >= 4 is 23.5 Å². The predicted octanol–water partition coefficient (Wildman–Crippen LogP) is 1.09. The number of aromatic nitrogens is 1. The third kappa shape index (κ3) is 2.59. The van der Waals surface area contributed by atoms with Crippen LogP contribution in [-0.2, 0) is 9.53 Å². The lowest BCUT2D eigenvalue weighted by Gasteiger charge is -2.25. The Morgan fingerprint density at radius 1 is 1.65 bits per heavy atom. The molecule has 0 bridgehead atoms. The highest BCUT2D eigenvalue weighted by atomic mass is 35.5. The van der Waals surface area contributed by atoms with E-state index in [1.807, 2.05) is 0 Å². The molecule has 108 valence electrons. The fraction of sp³-hybridized carbons (Fsp3) is 0.417. The summed E-state index contributed by atoms with van der Waals surface area (Å²) >= 11 is 5.72. The van der Waals surface area contributed by atoms with Gasteiger partial charge in [0.25, 0.3) is 5.91 Å². The normalized spacial score (nSPS) is 25.4. The van der Waals surface area contributed by atoms with Crippen molar-refractivity contribution in [3.05, 3.63) is 28.8 Å². The summed E-state index contributed by atoms with van der Waals surface area (Å²) in [5.41, 5.74) is -1.38. The molecule has 1 amide bonds. The lowest BCUT2D eigenvalue weighted by atomic mass is 9.85. The smallest absolute Gasteiger partial charge is 0.313 e. The van der Waals surface area contributed by atoms with Gasteiger partial charge < -0.3 is 15.2 Å². The number of hydrogen-bond acceptors (Lipinski definition) is 4. The average molecular weight is 303 g/mol. The number of rotatable bonds is 3. The summed E-state index contributed by atoms with van der Waals surface area (Å²) < 4.78 is 18.2. The molecule has 0 spiro atoms. The minimum atomic E-state index is -1.23. The Balaban J connectivity index is 2.19. The Labute approximate surface area is 118 Å². The van der Waals surface area contributed by atoms with Crippen LogP contribution in [-0.4, -0.2) is 41.2 Å². The van der Waals surface area contributed by atoms with E-state index in [0.717, 1.165) is 12.3 Å². The van der Waals surface area contributed by atoms with Gasteiger partial charge >= 0.3 is 5.97 Å². The van der Waals surface area contributed by atoms with Gasteiger partial charge in [-0.15, -0.1) is 0 Å². The molecule has 1 fully saturated rings. The quantitative estimate of drug-likeness (QED) is 0.816. The van der Waals surface area contributed by atoms with Crippen molar-refractivity contribution in [1.29, 1.82) is 0 Å². The molecule has 0 saturated carbocycles. The molecule has 2 atom stereocenters. The zero-order valence-corrected chi connectivity index (χ0v) is 11.3. The second-order valence-corrected chi connectivity index (χ2v) is 5.11. The second-order valence-electron chi connectivity index (χ2n) is 4.76. The molecule has 2 heterocycles. The summed E-state index contributed by atoms with van der Waals surface area (Å²) in [4.78, 5) is 26.8. The van der Waals surface area contributed by atoms with Gasteiger partial charge in [0, 0.05) is 0 Å². The summed E-state index contributed by atoms with van der Waals surface area (Å²) in [6.07, 6.45) is 0.888. The highest BCUT2D eigenvalue weighted by Crippen LogP contribution is 2.29. The molecule has 1 aliphatic rings. The lowest BCUT2D eigenvalue weighted by Crippen LogP contribution is -2.49.